The van der Waals surface area contributed by atoms with Gasteiger partial charge in [-0.3, -0.25) is 14.8 Å². The van der Waals surface area contributed by atoms with Crippen LogP contribution in [0.2, 0.25) is 0 Å². The summed E-state index contributed by atoms with van der Waals surface area (Å²) in [6.45, 7) is 5.16. The lowest BCUT2D eigenvalue weighted by atomic mass is 10.1. The van der Waals surface area contributed by atoms with E-state index in [1.807, 2.05) is 79.7 Å². The van der Waals surface area contributed by atoms with E-state index < -0.39 is 0 Å². The molecule has 1 fully saturated rings. The van der Waals surface area contributed by atoms with Crippen LogP contribution in [-0.2, 0) is 4.74 Å². The number of pyridine rings is 2. The Bertz CT molecular complexity index is 1650. The van der Waals surface area contributed by atoms with Gasteiger partial charge >= 0.3 is 0 Å². The van der Waals surface area contributed by atoms with Gasteiger partial charge in [0.05, 0.1) is 18.7 Å². The van der Waals surface area contributed by atoms with E-state index in [2.05, 4.69) is 43.0 Å². The molecule has 200 valence electrons. The molecule has 0 atom stereocenters. The summed E-state index contributed by atoms with van der Waals surface area (Å²) in [6.07, 6.45) is 3.57. The summed E-state index contributed by atoms with van der Waals surface area (Å²) < 4.78 is 5.51. The number of hydrogen-bond donors (Lipinski definition) is 3. The number of aromatic nitrogens is 2. The van der Waals surface area contributed by atoms with Gasteiger partial charge in [0.15, 0.2) is 0 Å². The first kappa shape index (κ1) is 25.3. The van der Waals surface area contributed by atoms with Gasteiger partial charge in [-0.1, -0.05) is 6.07 Å². The third-order valence-electron chi connectivity index (χ3n) is 6.83. The molecule has 1 aliphatic rings. The fourth-order valence-electron chi connectivity index (χ4n) is 4.79. The molecule has 8 heteroatoms. The highest BCUT2D eigenvalue weighted by atomic mass is 16.5. The number of carbonyl (C=O) groups excluding carboxylic acids is 1. The van der Waals surface area contributed by atoms with Crippen molar-refractivity contribution >= 4 is 50.9 Å². The standard InChI is InChI=1S/C32H30N6O2/c1-22-19-27(11-13-33-22)35-24-5-7-25(8-6-24)37-32(39)23-3-2-4-26(20-23)36-31-12-14-34-30-10-9-28(21-29(30)31)38-15-17-40-18-16-38/h2-14,19-21H,15-18H2,1H3,(H,33,35)(H,34,36)(H,37,39). The van der Waals surface area contributed by atoms with Crippen molar-refractivity contribution < 1.29 is 9.53 Å². The lowest BCUT2D eigenvalue weighted by molar-refractivity contribution is 0.102. The average Bonchev–Trinajstić information content (AvgIpc) is 2.99. The summed E-state index contributed by atoms with van der Waals surface area (Å²) >= 11 is 0. The molecular formula is C32H30N6O2. The summed E-state index contributed by atoms with van der Waals surface area (Å²) in [5.41, 5.74) is 7.94. The van der Waals surface area contributed by atoms with Crippen molar-refractivity contribution in [1.29, 1.82) is 0 Å². The van der Waals surface area contributed by atoms with Gasteiger partial charge in [0.25, 0.3) is 5.91 Å². The number of morpholine rings is 1. The minimum Gasteiger partial charge on any atom is -0.378 e. The quantitative estimate of drug-likeness (QED) is 0.221. The molecule has 0 spiro atoms. The zero-order valence-electron chi connectivity index (χ0n) is 22.2. The van der Waals surface area contributed by atoms with Gasteiger partial charge < -0.3 is 25.6 Å². The van der Waals surface area contributed by atoms with Crippen molar-refractivity contribution in [3.05, 3.63) is 109 Å². The van der Waals surface area contributed by atoms with Crippen LogP contribution in [0, 0.1) is 6.92 Å². The fraction of sp³-hybridized carbons (Fsp3) is 0.156. The molecule has 0 saturated carbocycles. The van der Waals surface area contributed by atoms with Crippen LogP contribution in [0.3, 0.4) is 0 Å². The number of nitrogens with one attached hydrogen (secondary N) is 3. The number of carbonyl (C=O) groups is 1. The zero-order chi connectivity index (χ0) is 27.3. The fourth-order valence-corrected chi connectivity index (χ4v) is 4.79. The highest BCUT2D eigenvalue weighted by molar-refractivity contribution is 6.05. The molecule has 0 bridgehead atoms. The van der Waals surface area contributed by atoms with E-state index in [0.717, 1.165) is 77.0 Å². The first-order chi connectivity index (χ1) is 19.6. The second-order valence-corrected chi connectivity index (χ2v) is 9.71. The predicted octanol–water partition coefficient (Wildman–Crippen LogP) is 6.51. The Hall–Kier alpha value is -4.95. The summed E-state index contributed by atoms with van der Waals surface area (Å²) in [5.74, 6) is -0.177. The Morgan fingerprint density at radius 3 is 2.38 bits per heavy atom. The van der Waals surface area contributed by atoms with Crippen molar-refractivity contribution in [3.8, 4) is 0 Å². The smallest absolute Gasteiger partial charge is 0.255 e. The van der Waals surface area contributed by atoms with E-state index in [1.54, 1.807) is 12.4 Å². The minimum atomic E-state index is -0.177. The normalized spacial score (nSPS) is 13.2. The second-order valence-electron chi connectivity index (χ2n) is 9.71. The van der Waals surface area contributed by atoms with E-state index in [9.17, 15) is 4.79 Å². The highest BCUT2D eigenvalue weighted by Gasteiger charge is 2.13. The van der Waals surface area contributed by atoms with Crippen molar-refractivity contribution in [3.63, 3.8) is 0 Å². The first-order valence-electron chi connectivity index (χ1n) is 13.3. The van der Waals surface area contributed by atoms with Crippen molar-refractivity contribution in [2.75, 3.05) is 47.2 Å². The monoisotopic (exact) mass is 530 g/mol. The molecule has 0 unspecified atom stereocenters. The van der Waals surface area contributed by atoms with Gasteiger partial charge in [0.2, 0.25) is 0 Å². The van der Waals surface area contributed by atoms with Crippen molar-refractivity contribution in [1.82, 2.24) is 9.97 Å². The molecule has 3 N–H and O–H groups in total. The molecular weight excluding hydrogens is 500 g/mol. The molecule has 2 aromatic heterocycles. The van der Waals surface area contributed by atoms with Crippen LogP contribution in [0.15, 0.2) is 97.3 Å². The Balaban J connectivity index is 1.15. The van der Waals surface area contributed by atoms with E-state index in [1.165, 1.54) is 0 Å². The van der Waals surface area contributed by atoms with Crippen LogP contribution in [0.5, 0.6) is 0 Å². The number of nitrogens with zero attached hydrogens (tertiary/aromatic N) is 3. The number of fused-ring (bicyclic) bond motifs is 1. The highest BCUT2D eigenvalue weighted by Crippen LogP contribution is 2.30. The third-order valence-corrected chi connectivity index (χ3v) is 6.83. The molecule has 1 saturated heterocycles. The lowest BCUT2D eigenvalue weighted by Gasteiger charge is -2.29. The average molecular weight is 531 g/mol. The number of ether oxygens (including phenoxy) is 1. The maximum atomic E-state index is 13.1. The molecule has 1 aliphatic heterocycles. The van der Waals surface area contributed by atoms with Crippen molar-refractivity contribution in [2.45, 2.75) is 6.92 Å². The lowest BCUT2D eigenvalue weighted by Crippen LogP contribution is -2.36. The van der Waals surface area contributed by atoms with E-state index in [4.69, 9.17) is 4.74 Å². The first-order valence-corrected chi connectivity index (χ1v) is 13.3. The van der Waals surface area contributed by atoms with Crippen LogP contribution < -0.4 is 20.9 Å². The Labute approximate surface area is 233 Å². The second kappa shape index (κ2) is 11.4. The van der Waals surface area contributed by atoms with E-state index >= 15 is 0 Å². The summed E-state index contributed by atoms with van der Waals surface area (Å²) in [5, 5.41) is 10.9. The SMILES string of the molecule is Cc1cc(Nc2ccc(NC(=O)c3cccc(Nc4ccnc5ccc(N6CCOCC6)cc45)c3)cc2)ccn1. The van der Waals surface area contributed by atoms with E-state index in [0.29, 0.717) is 5.56 Å². The minimum absolute atomic E-state index is 0.177. The maximum absolute atomic E-state index is 13.1. The van der Waals surface area contributed by atoms with Crippen molar-refractivity contribution in [2.24, 2.45) is 0 Å². The molecule has 0 radical (unpaired) electrons. The van der Waals surface area contributed by atoms with Gasteiger partial charge in [0, 0.05) is 76.3 Å². The van der Waals surface area contributed by atoms with Gasteiger partial charge in [-0.25, -0.2) is 0 Å². The van der Waals surface area contributed by atoms with Crippen LogP contribution in [0.25, 0.3) is 10.9 Å². The molecule has 0 aliphatic carbocycles. The summed E-state index contributed by atoms with van der Waals surface area (Å²) in [7, 11) is 0. The molecule has 5 aromatic rings. The number of anilines is 6. The third kappa shape index (κ3) is 5.87. The van der Waals surface area contributed by atoms with Crippen LogP contribution in [-0.4, -0.2) is 42.2 Å². The zero-order valence-corrected chi connectivity index (χ0v) is 22.2. The summed E-state index contributed by atoms with van der Waals surface area (Å²) in [4.78, 5) is 24.2. The van der Waals surface area contributed by atoms with E-state index in [-0.39, 0.29) is 5.91 Å². The van der Waals surface area contributed by atoms with Crippen LogP contribution in [0.1, 0.15) is 16.1 Å². The Morgan fingerprint density at radius 2 is 1.55 bits per heavy atom. The Kier molecular flexibility index (Phi) is 7.24. The summed E-state index contributed by atoms with van der Waals surface area (Å²) in [6, 6.07) is 27.3. The van der Waals surface area contributed by atoms with Gasteiger partial charge in [0.1, 0.15) is 0 Å². The molecule has 1 amide bonds. The molecule has 3 heterocycles. The van der Waals surface area contributed by atoms with Gasteiger partial charge in [-0.2, -0.15) is 0 Å². The number of aryl methyl sites for hydroxylation is 1. The number of benzene rings is 3. The molecule has 40 heavy (non-hydrogen) atoms. The van der Waals surface area contributed by atoms with Gasteiger partial charge in [-0.15, -0.1) is 0 Å². The topological polar surface area (TPSA) is 91.4 Å². The van der Waals surface area contributed by atoms with Crippen LogP contribution >= 0.6 is 0 Å². The maximum Gasteiger partial charge on any atom is 0.255 e. The number of hydrogen-bond acceptors (Lipinski definition) is 7. The molecule has 8 nitrogen and oxygen atoms in total. The van der Waals surface area contributed by atoms with Crippen LogP contribution in [0.4, 0.5) is 34.1 Å². The number of amides is 1. The predicted molar refractivity (Wildman–Crippen MR) is 161 cm³/mol. The Morgan fingerprint density at radius 1 is 0.775 bits per heavy atom. The molecule has 3 aromatic carbocycles. The largest absolute Gasteiger partial charge is 0.378 e. The number of rotatable bonds is 7. The van der Waals surface area contributed by atoms with Gasteiger partial charge in [-0.05, 0) is 85.8 Å². The molecule has 6 rings (SSSR count).